The summed E-state index contributed by atoms with van der Waals surface area (Å²) < 4.78 is 11.9. The minimum atomic E-state index is -0.962. The van der Waals surface area contributed by atoms with E-state index < -0.39 is 23.4 Å². The molecule has 0 fully saturated rings. The molecule has 1 aromatic carbocycles. The second-order valence-electron chi connectivity index (χ2n) is 7.39. The van der Waals surface area contributed by atoms with Gasteiger partial charge in [-0.15, -0.1) is 0 Å². The molecule has 11 heteroatoms. The third-order valence-corrected chi connectivity index (χ3v) is 5.41. The van der Waals surface area contributed by atoms with Crippen molar-refractivity contribution in [3.05, 3.63) is 75.4 Å². The van der Waals surface area contributed by atoms with Crippen LogP contribution in [0.5, 0.6) is 5.75 Å². The van der Waals surface area contributed by atoms with Gasteiger partial charge in [-0.3, -0.25) is 19.0 Å². The number of nitrogens with one attached hydrogen (secondary N) is 1. The molecule has 2 aromatic heterocycles. The van der Waals surface area contributed by atoms with Crippen LogP contribution in [-0.2, 0) is 9.53 Å². The van der Waals surface area contributed by atoms with Gasteiger partial charge >= 0.3 is 0 Å². The Hall–Kier alpha value is -4.20. The predicted molar refractivity (Wildman–Crippen MR) is 129 cm³/mol. The summed E-state index contributed by atoms with van der Waals surface area (Å²) >= 11 is 6.11. The lowest BCUT2D eigenvalue weighted by atomic mass is 10.00. The molecule has 35 heavy (non-hydrogen) atoms. The smallest absolute Gasteiger partial charge is 0.267 e. The van der Waals surface area contributed by atoms with Gasteiger partial charge in [-0.05, 0) is 30.3 Å². The van der Waals surface area contributed by atoms with E-state index in [9.17, 15) is 19.6 Å². The molecular formula is C24H22ClN5O5. The fourth-order valence-corrected chi connectivity index (χ4v) is 3.62. The van der Waals surface area contributed by atoms with Crippen molar-refractivity contribution in [1.29, 1.82) is 5.26 Å². The number of rotatable bonds is 9. The van der Waals surface area contributed by atoms with Gasteiger partial charge < -0.3 is 20.5 Å². The minimum absolute atomic E-state index is 0.0493. The van der Waals surface area contributed by atoms with Crippen molar-refractivity contribution >= 4 is 29.1 Å². The quantitative estimate of drug-likeness (QED) is 0.463. The summed E-state index contributed by atoms with van der Waals surface area (Å²) in [7, 11) is 2.90. The van der Waals surface area contributed by atoms with Gasteiger partial charge in [0.1, 0.15) is 17.5 Å². The molecule has 3 N–H and O–H groups in total. The number of benzene rings is 1. The fraction of sp³-hybridized carbons (Fsp3) is 0.208. The number of nitrogens with zero attached hydrogens (tertiary/aromatic N) is 3. The molecule has 0 saturated carbocycles. The molecule has 0 saturated heterocycles. The zero-order valence-electron chi connectivity index (χ0n) is 18.9. The standard InChI is InChI=1S/C24H22ClN5O5/c1-34-8-7-20(24(33)29-16-5-6-19(23(27)32)28-12-16)30-13-21(35-2)18(10-22(30)31)17-9-15(25)4-3-14(17)11-26/h3-6,9-10,12-13,20H,7-8H2,1-2H3,(H2,27,32)(H,29,33). The Morgan fingerprint density at radius 3 is 2.60 bits per heavy atom. The number of carbonyl (C=O) groups is 2. The Labute approximate surface area is 205 Å². The molecule has 3 aromatic rings. The van der Waals surface area contributed by atoms with Crippen LogP contribution >= 0.6 is 11.6 Å². The van der Waals surface area contributed by atoms with Crippen LogP contribution in [0, 0.1) is 11.3 Å². The van der Waals surface area contributed by atoms with Crippen LogP contribution in [-0.4, -0.2) is 42.2 Å². The van der Waals surface area contributed by atoms with E-state index in [0.29, 0.717) is 27.4 Å². The molecule has 180 valence electrons. The fourth-order valence-electron chi connectivity index (χ4n) is 3.45. The zero-order valence-corrected chi connectivity index (χ0v) is 19.7. The number of carbonyl (C=O) groups excluding carboxylic acids is 2. The lowest BCUT2D eigenvalue weighted by Gasteiger charge is -2.21. The number of halogens is 1. The normalized spacial score (nSPS) is 11.4. The van der Waals surface area contributed by atoms with E-state index in [4.69, 9.17) is 26.8 Å². The summed E-state index contributed by atoms with van der Waals surface area (Å²) in [5.74, 6) is -0.932. The number of anilines is 1. The second kappa shape index (κ2) is 11.3. The van der Waals surface area contributed by atoms with Crippen molar-refractivity contribution < 1.29 is 19.1 Å². The summed E-state index contributed by atoms with van der Waals surface area (Å²) in [5.41, 5.74) is 6.17. The number of hydrogen-bond donors (Lipinski definition) is 2. The highest BCUT2D eigenvalue weighted by Crippen LogP contribution is 2.33. The van der Waals surface area contributed by atoms with Gasteiger partial charge in [0.15, 0.2) is 0 Å². The third-order valence-electron chi connectivity index (χ3n) is 5.17. The molecule has 3 rings (SSSR count). The summed E-state index contributed by atoms with van der Waals surface area (Å²) in [4.78, 5) is 41.4. The maximum atomic E-state index is 13.2. The third kappa shape index (κ3) is 5.84. The molecule has 1 unspecified atom stereocenters. The summed E-state index contributed by atoms with van der Waals surface area (Å²) in [6.07, 6.45) is 2.88. The topological polar surface area (TPSA) is 149 Å². The van der Waals surface area contributed by atoms with Crippen LogP contribution < -0.4 is 21.3 Å². The summed E-state index contributed by atoms with van der Waals surface area (Å²) in [6, 6.07) is 9.96. The number of nitriles is 1. The average molecular weight is 496 g/mol. The Morgan fingerprint density at radius 1 is 1.23 bits per heavy atom. The van der Waals surface area contributed by atoms with Crippen molar-refractivity contribution in [2.75, 3.05) is 26.1 Å². The first-order valence-electron chi connectivity index (χ1n) is 10.3. The van der Waals surface area contributed by atoms with Crippen molar-refractivity contribution in [2.45, 2.75) is 12.5 Å². The molecule has 2 heterocycles. The molecular weight excluding hydrogens is 474 g/mol. The Kier molecular flexibility index (Phi) is 8.20. The van der Waals surface area contributed by atoms with Crippen LogP contribution in [0.4, 0.5) is 5.69 Å². The molecule has 0 aliphatic heterocycles. The van der Waals surface area contributed by atoms with E-state index in [1.165, 1.54) is 49.4 Å². The lowest BCUT2D eigenvalue weighted by Crippen LogP contribution is -2.34. The van der Waals surface area contributed by atoms with Gasteiger partial charge in [0.2, 0.25) is 5.91 Å². The Balaban J connectivity index is 2.02. The number of primary amides is 1. The Morgan fingerprint density at radius 2 is 2.00 bits per heavy atom. The van der Waals surface area contributed by atoms with Crippen LogP contribution in [0.1, 0.15) is 28.5 Å². The molecule has 0 radical (unpaired) electrons. The maximum absolute atomic E-state index is 13.2. The number of amides is 2. The van der Waals surface area contributed by atoms with E-state index in [0.717, 1.165) is 0 Å². The molecule has 2 amide bonds. The van der Waals surface area contributed by atoms with E-state index in [1.807, 2.05) is 0 Å². The van der Waals surface area contributed by atoms with Gasteiger partial charge in [-0.1, -0.05) is 11.6 Å². The first-order chi connectivity index (χ1) is 16.8. The number of pyridine rings is 2. The average Bonchev–Trinajstić information content (AvgIpc) is 2.85. The largest absolute Gasteiger partial charge is 0.495 e. The number of methoxy groups -OCH3 is 2. The monoisotopic (exact) mass is 495 g/mol. The molecule has 0 bridgehead atoms. The molecule has 10 nitrogen and oxygen atoms in total. The number of aromatic nitrogens is 2. The maximum Gasteiger partial charge on any atom is 0.267 e. The van der Waals surface area contributed by atoms with Gasteiger partial charge in [-0.2, -0.15) is 5.26 Å². The first-order valence-corrected chi connectivity index (χ1v) is 10.7. The zero-order chi connectivity index (χ0) is 25.5. The van der Waals surface area contributed by atoms with E-state index in [1.54, 1.807) is 18.2 Å². The Bertz CT molecular complexity index is 1350. The van der Waals surface area contributed by atoms with Gasteiger partial charge in [0, 0.05) is 42.4 Å². The highest BCUT2D eigenvalue weighted by Gasteiger charge is 2.24. The predicted octanol–water partition coefficient (Wildman–Crippen LogP) is 2.76. The number of nitrogens with two attached hydrogens (primary N) is 1. The van der Waals surface area contributed by atoms with E-state index in [-0.39, 0.29) is 24.5 Å². The van der Waals surface area contributed by atoms with Crippen LogP contribution in [0.3, 0.4) is 0 Å². The van der Waals surface area contributed by atoms with E-state index >= 15 is 0 Å². The van der Waals surface area contributed by atoms with Crippen LogP contribution in [0.2, 0.25) is 5.02 Å². The molecule has 0 aliphatic carbocycles. The van der Waals surface area contributed by atoms with Crippen molar-refractivity contribution in [3.63, 3.8) is 0 Å². The first kappa shape index (κ1) is 25.4. The second-order valence-corrected chi connectivity index (χ2v) is 7.82. The number of hydrogen-bond acceptors (Lipinski definition) is 7. The lowest BCUT2D eigenvalue weighted by molar-refractivity contribution is -0.119. The SMILES string of the molecule is COCCC(C(=O)Nc1ccc(C(N)=O)nc1)n1cc(OC)c(-c2cc(Cl)ccc2C#N)cc1=O. The minimum Gasteiger partial charge on any atom is -0.495 e. The molecule has 0 aliphatic rings. The van der Waals surface area contributed by atoms with Crippen LogP contribution in [0.25, 0.3) is 11.1 Å². The van der Waals surface area contributed by atoms with Crippen molar-refractivity contribution in [1.82, 2.24) is 9.55 Å². The van der Waals surface area contributed by atoms with Crippen LogP contribution in [0.15, 0.2) is 53.6 Å². The summed E-state index contributed by atoms with van der Waals surface area (Å²) in [5, 5.41) is 12.6. The van der Waals surface area contributed by atoms with Crippen molar-refractivity contribution in [3.8, 4) is 22.9 Å². The summed E-state index contributed by atoms with van der Waals surface area (Å²) in [6.45, 7) is 0.195. The van der Waals surface area contributed by atoms with E-state index in [2.05, 4.69) is 16.4 Å². The highest BCUT2D eigenvalue weighted by molar-refractivity contribution is 6.31. The van der Waals surface area contributed by atoms with Crippen molar-refractivity contribution in [2.24, 2.45) is 5.73 Å². The number of ether oxygens (including phenoxy) is 2. The van der Waals surface area contributed by atoms with Gasteiger partial charge in [-0.25, -0.2) is 4.98 Å². The highest BCUT2D eigenvalue weighted by atomic mass is 35.5. The van der Waals surface area contributed by atoms with Gasteiger partial charge in [0.05, 0.1) is 36.8 Å². The molecule has 0 spiro atoms. The molecule has 1 atom stereocenters. The van der Waals surface area contributed by atoms with Gasteiger partial charge in [0.25, 0.3) is 11.5 Å².